The Balaban J connectivity index is 3.17. The predicted octanol–water partition coefficient (Wildman–Crippen LogP) is -0.469. The summed E-state index contributed by atoms with van der Waals surface area (Å²) in [4.78, 5) is 10.1. The van der Waals surface area contributed by atoms with Crippen LogP contribution in [-0.4, -0.2) is 19.8 Å². The van der Waals surface area contributed by atoms with Crippen molar-refractivity contribution in [2.75, 3.05) is 7.05 Å². The van der Waals surface area contributed by atoms with E-state index in [-0.39, 0.29) is 6.03 Å². The maximum absolute atomic E-state index is 10.1. The van der Waals surface area contributed by atoms with Gasteiger partial charge in [-0.3, -0.25) is 0 Å². The van der Waals surface area contributed by atoms with Gasteiger partial charge in [0.25, 0.3) is 0 Å². The standard InChI is InChI=1S/C3H7N3O/c1-4-3(7)6-5-2/h2H2,1H3,(H2,4,6,7). The molecule has 4 nitrogen and oxygen atoms in total. The first-order chi connectivity index (χ1) is 3.31. The van der Waals surface area contributed by atoms with Crippen LogP contribution in [0.3, 0.4) is 0 Å². The van der Waals surface area contributed by atoms with Gasteiger partial charge < -0.3 is 5.32 Å². The quantitative estimate of drug-likeness (QED) is 0.340. The van der Waals surface area contributed by atoms with Crippen LogP contribution >= 0.6 is 0 Å². The van der Waals surface area contributed by atoms with E-state index in [2.05, 4.69) is 22.6 Å². The predicted molar refractivity (Wildman–Crippen MR) is 27.1 cm³/mol. The summed E-state index contributed by atoms with van der Waals surface area (Å²) in [6, 6.07) is -0.352. The van der Waals surface area contributed by atoms with Gasteiger partial charge in [-0.25, -0.2) is 10.2 Å². The topological polar surface area (TPSA) is 53.5 Å². The molecule has 0 unspecified atom stereocenters. The largest absolute Gasteiger partial charge is 0.340 e. The summed E-state index contributed by atoms with van der Waals surface area (Å²) in [5.74, 6) is 0. The van der Waals surface area contributed by atoms with Crippen molar-refractivity contribution in [1.82, 2.24) is 10.7 Å². The molecule has 4 heteroatoms. The highest BCUT2D eigenvalue weighted by Gasteiger charge is 1.85. The lowest BCUT2D eigenvalue weighted by atomic mass is 11.0. The van der Waals surface area contributed by atoms with Crippen molar-refractivity contribution < 1.29 is 4.79 Å². The number of hydrogen-bond acceptors (Lipinski definition) is 2. The summed E-state index contributed by atoms with van der Waals surface area (Å²) in [5.41, 5.74) is 2.06. The molecule has 2 amide bonds. The number of carbonyl (C=O) groups excluding carboxylic acids is 1. The number of nitrogens with one attached hydrogen (secondary N) is 2. The summed E-state index contributed by atoms with van der Waals surface area (Å²) in [5, 5.41) is 5.38. The summed E-state index contributed by atoms with van der Waals surface area (Å²) in [6.07, 6.45) is 0. The number of nitrogens with zero attached hydrogens (tertiary/aromatic N) is 1. The molecule has 7 heavy (non-hydrogen) atoms. The summed E-state index contributed by atoms with van der Waals surface area (Å²) >= 11 is 0. The third kappa shape index (κ3) is 2.75. The Morgan fingerprint density at radius 1 is 1.86 bits per heavy atom. The van der Waals surface area contributed by atoms with Gasteiger partial charge in [-0.1, -0.05) is 0 Å². The fourth-order valence-electron chi connectivity index (χ4n) is 0.128. The summed E-state index contributed by atoms with van der Waals surface area (Å²) in [7, 11) is 1.50. The van der Waals surface area contributed by atoms with Crippen molar-refractivity contribution >= 4 is 12.7 Å². The van der Waals surface area contributed by atoms with Gasteiger partial charge in [0.2, 0.25) is 0 Å². The molecule has 0 spiro atoms. The van der Waals surface area contributed by atoms with Crippen LogP contribution in [0.4, 0.5) is 4.79 Å². The van der Waals surface area contributed by atoms with Gasteiger partial charge >= 0.3 is 6.03 Å². The van der Waals surface area contributed by atoms with Crippen molar-refractivity contribution in [2.24, 2.45) is 5.10 Å². The SMILES string of the molecule is C=NNC(=O)NC. The van der Waals surface area contributed by atoms with Gasteiger partial charge in [-0.05, 0) is 0 Å². The zero-order valence-corrected chi connectivity index (χ0v) is 4.06. The van der Waals surface area contributed by atoms with Crippen LogP contribution in [-0.2, 0) is 0 Å². The molecule has 0 aliphatic carbocycles. The molecule has 0 radical (unpaired) electrons. The number of hydrogen-bond donors (Lipinski definition) is 2. The lowest BCUT2D eigenvalue weighted by Crippen LogP contribution is -2.28. The second-order valence-electron chi connectivity index (χ2n) is 0.849. The van der Waals surface area contributed by atoms with Crippen LogP contribution in [0.15, 0.2) is 5.10 Å². The highest BCUT2D eigenvalue weighted by molar-refractivity contribution is 5.73. The molecule has 0 rings (SSSR count). The molecule has 0 saturated heterocycles. The molecule has 0 fully saturated rings. The molecular formula is C3H7N3O. The van der Waals surface area contributed by atoms with Crippen LogP contribution in [0.2, 0.25) is 0 Å². The molecule has 0 saturated carbocycles. The maximum atomic E-state index is 10.1. The lowest BCUT2D eigenvalue weighted by molar-refractivity contribution is 0.243. The molecule has 0 bridgehead atoms. The van der Waals surface area contributed by atoms with Crippen molar-refractivity contribution in [3.8, 4) is 0 Å². The highest BCUT2D eigenvalue weighted by atomic mass is 16.2. The minimum Gasteiger partial charge on any atom is -0.340 e. The Morgan fingerprint density at radius 3 is 2.57 bits per heavy atom. The molecule has 0 heterocycles. The van der Waals surface area contributed by atoms with Crippen LogP contribution in [0, 0.1) is 0 Å². The van der Waals surface area contributed by atoms with E-state index in [0.29, 0.717) is 0 Å². The molecule has 0 aromatic heterocycles. The second-order valence-corrected chi connectivity index (χ2v) is 0.849. The molecular weight excluding hydrogens is 94.1 g/mol. The van der Waals surface area contributed by atoms with Crippen LogP contribution in [0.1, 0.15) is 0 Å². The molecule has 2 N–H and O–H groups in total. The number of carbonyl (C=O) groups is 1. The zero-order chi connectivity index (χ0) is 5.70. The zero-order valence-electron chi connectivity index (χ0n) is 4.06. The smallest absolute Gasteiger partial charge is 0.334 e. The van der Waals surface area contributed by atoms with E-state index in [0.717, 1.165) is 0 Å². The van der Waals surface area contributed by atoms with E-state index in [9.17, 15) is 4.79 Å². The number of rotatable bonds is 1. The van der Waals surface area contributed by atoms with E-state index >= 15 is 0 Å². The minimum atomic E-state index is -0.352. The average Bonchev–Trinajstić information content (AvgIpc) is 1.68. The van der Waals surface area contributed by atoms with E-state index in [1.54, 1.807) is 0 Å². The molecule has 0 aliphatic heterocycles. The van der Waals surface area contributed by atoms with E-state index < -0.39 is 0 Å². The monoisotopic (exact) mass is 101 g/mol. The minimum absolute atomic E-state index is 0.352. The number of urea groups is 1. The van der Waals surface area contributed by atoms with Crippen LogP contribution < -0.4 is 10.7 Å². The van der Waals surface area contributed by atoms with Crippen LogP contribution in [0.5, 0.6) is 0 Å². The molecule has 0 aliphatic rings. The maximum Gasteiger partial charge on any atom is 0.334 e. The Kier molecular flexibility index (Phi) is 2.67. The Hall–Kier alpha value is -1.06. The molecule has 0 aromatic carbocycles. The first-order valence-corrected chi connectivity index (χ1v) is 1.74. The normalized spacial score (nSPS) is 7.00. The summed E-state index contributed by atoms with van der Waals surface area (Å²) < 4.78 is 0. The Morgan fingerprint density at radius 2 is 2.43 bits per heavy atom. The molecule has 0 atom stereocenters. The third-order valence-corrected chi connectivity index (χ3v) is 0.408. The first-order valence-electron chi connectivity index (χ1n) is 1.74. The van der Waals surface area contributed by atoms with Crippen molar-refractivity contribution in [3.05, 3.63) is 0 Å². The number of amides is 2. The summed E-state index contributed by atoms with van der Waals surface area (Å²) in [6.45, 7) is 3.03. The second kappa shape index (κ2) is 3.14. The van der Waals surface area contributed by atoms with Crippen LogP contribution in [0.25, 0.3) is 0 Å². The Bertz CT molecular complexity index is 80.2. The van der Waals surface area contributed by atoms with Gasteiger partial charge in [0.15, 0.2) is 0 Å². The van der Waals surface area contributed by atoms with Crippen molar-refractivity contribution in [2.45, 2.75) is 0 Å². The van der Waals surface area contributed by atoms with Crippen molar-refractivity contribution in [3.63, 3.8) is 0 Å². The van der Waals surface area contributed by atoms with Gasteiger partial charge in [0.05, 0.1) is 0 Å². The third-order valence-electron chi connectivity index (χ3n) is 0.408. The lowest BCUT2D eigenvalue weighted by Gasteiger charge is -1.91. The molecule has 0 aromatic rings. The average molecular weight is 101 g/mol. The van der Waals surface area contributed by atoms with E-state index in [4.69, 9.17) is 0 Å². The van der Waals surface area contributed by atoms with Gasteiger partial charge in [-0.15, -0.1) is 0 Å². The molecule has 40 valence electrons. The van der Waals surface area contributed by atoms with Gasteiger partial charge in [-0.2, -0.15) is 5.10 Å². The van der Waals surface area contributed by atoms with E-state index in [1.807, 2.05) is 0 Å². The number of hydrazone groups is 1. The van der Waals surface area contributed by atoms with Crippen molar-refractivity contribution in [1.29, 1.82) is 0 Å². The first kappa shape index (κ1) is 5.94. The van der Waals surface area contributed by atoms with Gasteiger partial charge in [0.1, 0.15) is 0 Å². The van der Waals surface area contributed by atoms with E-state index in [1.165, 1.54) is 7.05 Å². The highest BCUT2D eigenvalue weighted by Crippen LogP contribution is 1.55. The Labute approximate surface area is 41.6 Å². The van der Waals surface area contributed by atoms with Gasteiger partial charge in [0, 0.05) is 13.8 Å². The fraction of sp³-hybridized carbons (Fsp3) is 0.333. The fourth-order valence-corrected chi connectivity index (χ4v) is 0.128.